The minimum atomic E-state index is 0.165. The average molecular weight is 335 g/mol. The van der Waals surface area contributed by atoms with E-state index in [1.807, 2.05) is 19.4 Å². The summed E-state index contributed by atoms with van der Waals surface area (Å²) in [5.74, 6) is 1.38. The second kappa shape index (κ2) is 8.51. The second-order valence-electron chi connectivity index (χ2n) is 7.66. The number of hydrogen-bond acceptors (Lipinski definition) is 3. The molecule has 0 amide bonds. The highest BCUT2D eigenvalue weighted by atomic mass is 16.5. The molecule has 2 N–H and O–H groups in total. The zero-order valence-corrected chi connectivity index (χ0v) is 15.8. The van der Waals surface area contributed by atoms with Gasteiger partial charge in [-0.2, -0.15) is 5.10 Å². The fourth-order valence-electron chi connectivity index (χ4n) is 3.30. The molecule has 1 aliphatic heterocycles. The van der Waals surface area contributed by atoms with Gasteiger partial charge in [0.1, 0.15) is 0 Å². The van der Waals surface area contributed by atoms with Crippen LogP contribution in [0.5, 0.6) is 0 Å². The highest BCUT2D eigenvalue weighted by Gasteiger charge is 2.35. The summed E-state index contributed by atoms with van der Waals surface area (Å²) in [4.78, 5) is 4.67. The van der Waals surface area contributed by atoms with Gasteiger partial charge in [-0.3, -0.25) is 4.68 Å². The maximum atomic E-state index is 6.07. The zero-order chi connectivity index (χ0) is 17.6. The van der Waals surface area contributed by atoms with Gasteiger partial charge >= 0.3 is 0 Å². The molecule has 1 aromatic rings. The largest absolute Gasteiger partial charge is 0.377 e. The minimum absolute atomic E-state index is 0.165. The Morgan fingerprint density at radius 2 is 2.21 bits per heavy atom. The Labute approximate surface area is 146 Å². The summed E-state index contributed by atoms with van der Waals surface area (Å²) in [5.41, 5.74) is 1.28. The zero-order valence-electron chi connectivity index (χ0n) is 15.8. The molecule has 6 heteroatoms. The number of nitrogens with zero attached hydrogens (tertiary/aromatic N) is 3. The maximum absolute atomic E-state index is 6.07. The van der Waals surface area contributed by atoms with Crippen LogP contribution in [0.4, 0.5) is 0 Å². The quantitative estimate of drug-likeness (QED) is 0.640. The van der Waals surface area contributed by atoms with E-state index in [2.05, 4.69) is 48.4 Å². The van der Waals surface area contributed by atoms with Crippen LogP contribution in [0.1, 0.15) is 46.1 Å². The van der Waals surface area contributed by atoms with Gasteiger partial charge < -0.3 is 15.4 Å². The molecule has 0 saturated carbocycles. The monoisotopic (exact) mass is 335 g/mol. The predicted octanol–water partition coefficient (Wildman–Crippen LogP) is 2.32. The van der Waals surface area contributed by atoms with Gasteiger partial charge in [-0.25, -0.2) is 4.99 Å². The first kappa shape index (κ1) is 18.8. The second-order valence-corrected chi connectivity index (χ2v) is 7.66. The number of rotatable bonds is 5. The van der Waals surface area contributed by atoms with E-state index in [4.69, 9.17) is 4.74 Å². The maximum Gasteiger partial charge on any atom is 0.191 e. The smallest absolute Gasteiger partial charge is 0.191 e. The van der Waals surface area contributed by atoms with Crippen molar-refractivity contribution in [2.75, 3.05) is 19.7 Å². The van der Waals surface area contributed by atoms with E-state index in [1.165, 1.54) is 6.42 Å². The Bertz CT molecular complexity index is 532. The van der Waals surface area contributed by atoms with Crippen molar-refractivity contribution >= 4 is 5.96 Å². The van der Waals surface area contributed by atoms with Crippen LogP contribution >= 0.6 is 0 Å². The van der Waals surface area contributed by atoms with Gasteiger partial charge in [-0.15, -0.1) is 0 Å². The summed E-state index contributed by atoms with van der Waals surface area (Å²) >= 11 is 0. The fourth-order valence-corrected chi connectivity index (χ4v) is 3.30. The van der Waals surface area contributed by atoms with Crippen molar-refractivity contribution in [2.24, 2.45) is 23.4 Å². The molecule has 0 aliphatic carbocycles. The Morgan fingerprint density at radius 3 is 2.83 bits per heavy atom. The Hall–Kier alpha value is -1.56. The van der Waals surface area contributed by atoms with Gasteiger partial charge in [0.15, 0.2) is 5.96 Å². The number of aliphatic imine (C=N–C) groups is 1. The third-order valence-electron chi connectivity index (χ3n) is 4.35. The normalized spacial score (nSPS) is 22.5. The minimum Gasteiger partial charge on any atom is -0.377 e. The molecule has 0 aromatic carbocycles. The molecular weight excluding hydrogens is 302 g/mol. The van der Waals surface area contributed by atoms with Gasteiger partial charge in [-0.05, 0) is 25.2 Å². The molecule has 1 saturated heterocycles. The van der Waals surface area contributed by atoms with Crippen LogP contribution in [0, 0.1) is 11.3 Å². The first-order chi connectivity index (χ1) is 11.4. The van der Waals surface area contributed by atoms with Gasteiger partial charge in [0, 0.05) is 44.4 Å². The van der Waals surface area contributed by atoms with Crippen molar-refractivity contribution < 1.29 is 4.74 Å². The molecule has 0 radical (unpaired) electrons. The van der Waals surface area contributed by atoms with E-state index >= 15 is 0 Å². The van der Waals surface area contributed by atoms with E-state index in [-0.39, 0.29) is 5.41 Å². The van der Waals surface area contributed by atoms with Crippen LogP contribution in [0.25, 0.3) is 0 Å². The van der Waals surface area contributed by atoms with Crippen LogP contribution in [0.15, 0.2) is 17.4 Å². The molecule has 2 heterocycles. The van der Waals surface area contributed by atoms with Crippen molar-refractivity contribution in [1.82, 2.24) is 20.4 Å². The van der Waals surface area contributed by atoms with Crippen molar-refractivity contribution in [1.29, 1.82) is 0 Å². The molecule has 1 aliphatic rings. The predicted molar refractivity (Wildman–Crippen MR) is 97.9 cm³/mol. The van der Waals surface area contributed by atoms with Crippen LogP contribution in [-0.4, -0.2) is 41.5 Å². The fraction of sp³-hybridized carbons (Fsp3) is 0.778. The Morgan fingerprint density at radius 1 is 1.42 bits per heavy atom. The first-order valence-electron chi connectivity index (χ1n) is 9.01. The first-order valence-corrected chi connectivity index (χ1v) is 9.01. The molecule has 1 fully saturated rings. The van der Waals surface area contributed by atoms with E-state index in [0.717, 1.165) is 37.6 Å². The molecule has 136 valence electrons. The molecule has 24 heavy (non-hydrogen) atoms. The third kappa shape index (κ3) is 5.51. The summed E-state index contributed by atoms with van der Waals surface area (Å²) in [6.45, 7) is 12.1. The Balaban J connectivity index is 1.94. The number of aromatic nitrogens is 2. The number of guanidine groups is 1. The lowest BCUT2D eigenvalue weighted by Crippen LogP contribution is -2.47. The van der Waals surface area contributed by atoms with Crippen LogP contribution < -0.4 is 10.6 Å². The molecule has 2 atom stereocenters. The molecule has 2 rings (SSSR count). The summed E-state index contributed by atoms with van der Waals surface area (Å²) in [6.07, 6.45) is 6.49. The number of nitrogens with one attached hydrogen (secondary N) is 2. The Kier molecular flexibility index (Phi) is 6.66. The summed E-state index contributed by atoms with van der Waals surface area (Å²) < 4.78 is 7.87. The van der Waals surface area contributed by atoms with Crippen LogP contribution in [-0.2, 0) is 18.3 Å². The van der Waals surface area contributed by atoms with Gasteiger partial charge in [-0.1, -0.05) is 20.8 Å². The van der Waals surface area contributed by atoms with Gasteiger partial charge in [0.2, 0.25) is 0 Å². The molecule has 6 nitrogen and oxygen atoms in total. The lowest BCUT2D eigenvalue weighted by Gasteiger charge is -2.40. The van der Waals surface area contributed by atoms with Gasteiger partial charge in [0.25, 0.3) is 0 Å². The highest BCUT2D eigenvalue weighted by Crippen LogP contribution is 2.33. The number of aryl methyl sites for hydroxylation is 1. The summed E-state index contributed by atoms with van der Waals surface area (Å²) in [6, 6.07) is 0. The van der Waals surface area contributed by atoms with E-state index in [1.54, 1.807) is 4.68 Å². The highest BCUT2D eigenvalue weighted by molar-refractivity contribution is 5.79. The van der Waals surface area contributed by atoms with Crippen LogP contribution in [0.2, 0.25) is 0 Å². The lowest BCUT2D eigenvalue weighted by atomic mass is 9.78. The molecular formula is C18H33N5O. The molecule has 2 unspecified atom stereocenters. The van der Waals surface area contributed by atoms with Crippen LogP contribution in [0.3, 0.4) is 0 Å². The molecule has 0 bridgehead atoms. The average Bonchev–Trinajstić information content (AvgIpc) is 2.95. The molecule has 1 aromatic heterocycles. The third-order valence-corrected chi connectivity index (χ3v) is 4.35. The van der Waals surface area contributed by atoms with Crippen molar-refractivity contribution in [3.8, 4) is 0 Å². The van der Waals surface area contributed by atoms with E-state index < -0.39 is 0 Å². The van der Waals surface area contributed by atoms with Crippen molar-refractivity contribution in [3.05, 3.63) is 18.0 Å². The van der Waals surface area contributed by atoms with E-state index in [9.17, 15) is 0 Å². The summed E-state index contributed by atoms with van der Waals surface area (Å²) in [7, 11) is 1.92. The van der Waals surface area contributed by atoms with Gasteiger partial charge in [0.05, 0.1) is 18.8 Å². The van der Waals surface area contributed by atoms with E-state index in [0.29, 0.717) is 18.6 Å². The molecule has 0 spiro atoms. The standard InChI is InChI=1S/C18H33N5O/c1-6-19-17(20-10-14-11-22-23(5)13-14)21-12-15-8-7-9-24-16(15)18(2,3)4/h11,13,15-16H,6-10,12H2,1-5H3,(H2,19,20,21). The SMILES string of the molecule is CCNC(=NCc1cnn(C)c1)NCC1CCCOC1C(C)(C)C. The topological polar surface area (TPSA) is 63.5 Å². The van der Waals surface area contributed by atoms with Crippen molar-refractivity contribution in [2.45, 2.75) is 53.2 Å². The van der Waals surface area contributed by atoms with Crippen molar-refractivity contribution in [3.63, 3.8) is 0 Å². The summed E-state index contributed by atoms with van der Waals surface area (Å²) in [5, 5.41) is 11.0. The number of ether oxygens (including phenoxy) is 1. The lowest BCUT2D eigenvalue weighted by molar-refractivity contribution is -0.0835. The number of hydrogen-bond donors (Lipinski definition) is 2.